The van der Waals surface area contributed by atoms with E-state index in [0.717, 1.165) is 37.6 Å². The Bertz CT molecular complexity index is 650. The van der Waals surface area contributed by atoms with Gasteiger partial charge in [0.15, 0.2) is 5.82 Å². The Hall–Kier alpha value is -2.44. The maximum absolute atomic E-state index is 12.5. The summed E-state index contributed by atoms with van der Waals surface area (Å²) in [5.74, 6) is 0.922. The lowest BCUT2D eigenvalue weighted by Crippen LogP contribution is -2.35. The van der Waals surface area contributed by atoms with Crippen molar-refractivity contribution in [2.45, 2.75) is 13.3 Å². The number of hydrogen-bond acceptors (Lipinski definition) is 5. The number of rotatable bonds is 2. The third-order valence-corrected chi connectivity index (χ3v) is 3.84. The Balaban J connectivity index is 1.67. The van der Waals surface area contributed by atoms with E-state index >= 15 is 0 Å². The Morgan fingerprint density at radius 3 is 2.68 bits per heavy atom. The first-order valence-electron chi connectivity index (χ1n) is 7.47. The molecule has 7 heteroatoms. The van der Waals surface area contributed by atoms with Gasteiger partial charge in [0.2, 0.25) is 0 Å². The van der Waals surface area contributed by atoms with Gasteiger partial charge in [-0.25, -0.2) is 0 Å². The van der Waals surface area contributed by atoms with E-state index < -0.39 is 0 Å². The van der Waals surface area contributed by atoms with Gasteiger partial charge in [-0.05, 0) is 25.5 Å². The van der Waals surface area contributed by atoms with Crippen molar-refractivity contribution in [3.05, 3.63) is 35.8 Å². The molecule has 0 atom stereocenters. The average molecular weight is 300 g/mol. The highest BCUT2D eigenvalue weighted by Gasteiger charge is 2.21. The first kappa shape index (κ1) is 14.5. The third-order valence-electron chi connectivity index (χ3n) is 3.84. The second kappa shape index (κ2) is 6.13. The summed E-state index contributed by atoms with van der Waals surface area (Å²) in [6.07, 6.45) is 4.30. The summed E-state index contributed by atoms with van der Waals surface area (Å²) in [4.78, 5) is 16.6. The van der Waals surface area contributed by atoms with Crippen LogP contribution in [0, 0.1) is 6.92 Å². The largest absolute Gasteiger partial charge is 0.353 e. The number of nitrogens with zero attached hydrogens (tertiary/aromatic N) is 6. The molecule has 2 aromatic rings. The van der Waals surface area contributed by atoms with Gasteiger partial charge in [0.25, 0.3) is 5.91 Å². The number of hydrogen-bond donors (Lipinski definition) is 0. The molecule has 0 saturated carbocycles. The fourth-order valence-electron chi connectivity index (χ4n) is 2.62. The molecule has 1 aliphatic rings. The molecule has 1 saturated heterocycles. The highest BCUT2D eigenvalue weighted by Crippen LogP contribution is 2.14. The molecule has 3 rings (SSSR count). The molecule has 0 radical (unpaired) electrons. The summed E-state index contributed by atoms with van der Waals surface area (Å²) >= 11 is 0. The van der Waals surface area contributed by atoms with E-state index in [9.17, 15) is 4.79 Å². The molecule has 2 aromatic heterocycles. The third kappa shape index (κ3) is 3.08. The Kier molecular flexibility index (Phi) is 4.04. The van der Waals surface area contributed by atoms with Gasteiger partial charge < -0.3 is 9.80 Å². The zero-order valence-electron chi connectivity index (χ0n) is 12.9. The number of aromatic nitrogens is 4. The second-order valence-electron chi connectivity index (χ2n) is 5.57. The van der Waals surface area contributed by atoms with E-state index in [1.54, 1.807) is 17.1 Å². The second-order valence-corrected chi connectivity index (χ2v) is 5.57. The summed E-state index contributed by atoms with van der Waals surface area (Å²) in [6.45, 7) is 5.01. The van der Waals surface area contributed by atoms with Crippen LogP contribution in [-0.2, 0) is 7.05 Å². The van der Waals surface area contributed by atoms with Gasteiger partial charge >= 0.3 is 0 Å². The van der Waals surface area contributed by atoms with Crippen LogP contribution in [0.15, 0.2) is 24.5 Å². The molecular weight excluding hydrogens is 280 g/mol. The molecule has 0 bridgehead atoms. The fourth-order valence-corrected chi connectivity index (χ4v) is 2.62. The fraction of sp³-hybridized carbons (Fsp3) is 0.467. The molecule has 0 aliphatic carbocycles. The minimum atomic E-state index is 0.0462. The molecule has 22 heavy (non-hydrogen) atoms. The number of amides is 1. The topological polar surface area (TPSA) is 67.2 Å². The van der Waals surface area contributed by atoms with Crippen LogP contribution in [0.5, 0.6) is 0 Å². The lowest BCUT2D eigenvalue weighted by atomic mass is 10.3. The van der Waals surface area contributed by atoms with Crippen molar-refractivity contribution in [1.29, 1.82) is 0 Å². The van der Waals surface area contributed by atoms with Crippen molar-refractivity contribution in [2.75, 3.05) is 31.1 Å². The van der Waals surface area contributed by atoms with Crippen LogP contribution in [0.2, 0.25) is 0 Å². The van der Waals surface area contributed by atoms with Gasteiger partial charge in [-0.15, -0.1) is 5.10 Å². The number of carbonyl (C=O) groups excluding carboxylic acids is 1. The van der Waals surface area contributed by atoms with Crippen LogP contribution < -0.4 is 4.90 Å². The van der Waals surface area contributed by atoms with Gasteiger partial charge in [0.05, 0.1) is 17.5 Å². The molecule has 1 amide bonds. The first-order valence-corrected chi connectivity index (χ1v) is 7.47. The standard InChI is InChI=1S/C15H20N6O/c1-12-4-5-14(18-17-12)20-6-3-7-21(9-8-20)15(22)13-10-16-19(2)11-13/h4-5,10-11H,3,6-9H2,1-2H3. The van der Waals surface area contributed by atoms with Crippen molar-refractivity contribution in [3.63, 3.8) is 0 Å². The highest BCUT2D eigenvalue weighted by atomic mass is 16.2. The molecule has 3 heterocycles. The Morgan fingerprint density at radius 1 is 1.14 bits per heavy atom. The quantitative estimate of drug-likeness (QED) is 0.823. The van der Waals surface area contributed by atoms with Crippen LogP contribution in [0.1, 0.15) is 22.5 Å². The van der Waals surface area contributed by atoms with Crippen molar-refractivity contribution in [1.82, 2.24) is 24.9 Å². The normalized spacial score (nSPS) is 15.7. The maximum Gasteiger partial charge on any atom is 0.257 e. The lowest BCUT2D eigenvalue weighted by molar-refractivity contribution is 0.0767. The smallest absolute Gasteiger partial charge is 0.257 e. The molecular formula is C15H20N6O. The van der Waals surface area contributed by atoms with Crippen molar-refractivity contribution < 1.29 is 4.79 Å². The van der Waals surface area contributed by atoms with Gasteiger partial charge in [0, 0.05) is 39.4 Å². The summed E-state index contributed by atoms with van der Waals surface area (Å²) in [7, 11) is 1.82. The van der Waals surface area contributed by atoms with E-state index in [1.165, 1.54) is 0 Å². The van der Waals surface area contributed by atoms with E-state index in [2.05, 4.69) is 20.2 Å². The number of aryl methyl sites for hydroxylation is 2. The minimum absolute atomic E-state index is 0.0462. The van der Waals surface area contributed by atoms with E-state index in [1.807, 2.05) is 31.0 Å². The monoisotopic (exact) mass is 300 g/mol. The molecule has 0 aromatic carbocycles. The molecule has 7 nitrogen and oxygen atoms in total. The summed E-state index contributed by atoms with van der Waals surface area (Å²) in [5, 5.41) is 12.4. The Morgan fingerprint density at radius 2 is 2.00 bits per heavy atom. The van der Waals surface area contributed by atoms with Crippen molar-refractivity contribution in [2.24, 2.45) is 7.05 Å². The van der Waals surface area contributed by atoms with Crippen molar-refractivity contribution in [3.8, 4) is 0 Å². The average Bonchev–Trinajstić information content (AvgIpc) is 2.81. The van der Waals surface area contributed by atoms with E-state index in [-0.39, 0.29) is 5.91 Å². The van der Waals surface area contributed by atoms with Crippen LogP contribution in [0.25, 0.3) is 0 Å². The van der Waals surface area contributed by atoms with Gasteiger partial charge in [0.1, 0.15) is 0 Å². The number of carbonyl (C=O) groups is 1. The molecule has 0 unspecified atom stereocenters. The summed E-state index contributed by atoms with van der Waals surface area (Å²) < 4.78 is 1.65. The first-order chi connectivity index (χ1) is 10.6. The number of anilines is 1. The molecule has 1 aliphatic heterocycles. The molecule has 1 fully saturated rings. The molecule has 0 N–H and O–H groups in total. The zero-order valence-corrected chi connectivity index (χ0v) is 12.9. The van der Waals surface area contributed by atoms with Crippen LogP contribution in [0.3, 0.4) is 0 Å². The molecule has 0 spiro atoms. The summed E-state index contributed by atoms with van der Waals surface area (Å²) in [5.41, 5.74) is 1.55. The summed E-state index contributed by atoms with van der Waals surface area (Å²) in [6, 6.07) is 3.95. The predicted molar refractivity (Wildman–Crippen MR) is 82.7 cm³/mol. The highest BCUT2D eigenvalue weighted by molar-refractivity contribution is 5.93. The van der Waals surface area contributed by atoms with Gasteiger partial charge in [-0.1, -0.05) is 0 Å². The maximum atomic E-state index is 12.5. The van der Waals surface area contributed by atoms with Crippen LogP contribution in [-0.4, -0.2) is 57.0 Å². The Labute approximate surface area is 129 Å². The van der Waals surface area contributed by atoms with Gasteiger partial charge in [-0.3, -0.25) is 9.48 Å². The SMILES string of the molecule is Cc1ccc(N2CCCN(C(=O)c3cnn(C)c3)CC2)nn1. The minimum Gasteiger partial charge on any atom is -0.353 e. The van der Waals surface area contributed by atoms with Crippen molar-refractivity contribution >= 4 is 11.7 Å². The zero-order chi connectivity index (χ0) is 15.5. The lowest BCUT2D eigenvalue weighted by Gasteiger charge is -2.22. The van der Waals surface area contributed by atoms with E-state index in [4.69, 9.17) is 0 Å². The van der Waals surface area contributed by atoms with Gasteiger partial charge in [-0.2, -0.15) is 10.2 Å². The van der Waals surface area contributed by atoms with Crippen LogP contribution in [0.4, 0.5) is 5.82 Å². The van der Waals surface area contributed by atoms with E-state index in [0.29, 0.717) is 12.1 Å². The molecule has 116 valence electrons. The van der Waals surface area contributed by atoms with Crippen LogP contribution >= 0.6 is 0 Å². The predicted octanol–water partition coefficient (Wildman–Crippen LogP) is 0.871.